The molecule has 0 aliphatic heterocycles. The van der Waals surface area contributed by atoms with Gasteiger partial charge in [-0.15, -0.1) is 0 Å². The highest BCUT2D eigenvalue weighted by atomic mass is 16.5. The minimum atomic E-state index is -0.926. The van der Waals surface area contributed by atoms with Crippen LogP contribution >= 0.6 is 0 Å². The van der Waals surface area contributed by atoms with Crippen LogP contribution in [-0.2, 0) is 16.0 Å². The van der Waals surface area contributed by atoms with Crippen LogP contribution in [0.2, 0.25) is 0 Å². The maximum absolute atomic E-state index is 12.1. The number of hydrogen-bond acceptors (Lipinski definition) is 6. The van der Waals surface area contributed by atoms with Crippen molar-refractivity contribution >= 4 is 12.0 Å². The normalized spacial score (nSPS) is 10.7. The number of ether oxygens (including phenoxy) is 1. The fourth-order valence-corrected chi connectivity index (χ4v) is 1.72. The first-order chi connectivity index (χ1) is 11.1. The first-order valence-electron chi connectivity index (χ1n) is 6.79. The maximum Gasteiger partial charge on any atom is 0.408 e. The number of carbonyl (C=O) groups excluding carboxylic acids is 2. The molecule has 1 atom stereocenters. The molecule has 0 bridgehead atoms. The summed E-state index contributed by atoms with van der Waals surface area (Å²) < 4.78 is 4.57. The van der Waals surface area contributed by atoms with Gasteiger partial charge in [-0.3, -0.25) is 4.79 Å². The summed E-state index contributed by atoms with van der Waals surface area (Å²) in [6.07, 6.45) is -0.567. The number of hydrogen-bond donors (Lipinski definition) is 3. The van der Waals surface area contributed by atoms with Gasteiger partial charge < -0.3 is 20.5 Å². The Morgan fingerprint density at radius 1 is 1.22 bits per heavy atom. The second-order valence-corrected chi connectivity index (χ2v) is 4.50. The molecule has 1 rings (SSSR count). The monoisotopic (exact) mass is 316 g/mol. The zero-order valence-corrected chi connectivity index (χ0v) is 12.3. The number of amides is 2. The van der Waals surface area contributed by atoms with Crippen LogP contribution in [-0.4, -0.2) is 36.3 Å². The molecular formula is C15H16N4O4. The third-order valence-electron chi connectivity index (χ3n) is 2.79. The van der Waals surface area contributed by atoms with Gasteiger partial charge in [0.05, 0.1) is 12.5 Å². The molecule has 0 spiro atoms. The lowest BCUT2D eigenvalue weighted by Gasteiger charge is -2.17. The number of nitriles is 2. The molecule has 8 nitrogen and oxygen atoms in total. The van der Waals surface area contributed by atoms with Crippen molar-refractivity contribution in [1.82, 2.24) is 10.6 Å². The van der Waals surface area contributed by atoms with Gasteiger partial charge in [0.15, 0.2) is 6.61 Å². The largest absolute Gasteiger partial charge is 0.508 e. The number of aromatic hydroxyl groups is 1. The smallest absolute Gasteiger partial charge is 0.408 e. The number of benzene rings is 1. The number of carbonyl (C=O) groups is 2. The lowest BCUT2D eigenvalue weighted by Crippen LogP contribution is -2.48. The summed E-state index contributed by atoms with van der Waals surface area (Å²) in [7, 11) is 0. The van der Waals surface area contributed by atoms with Crippen LogP contribution in [0.25, 0.3) is 0 Å². The molecule has 2 amide bonds. The third kappa shape index (κ3) is 6.82. The predicted molar refractivity (Wildman–Crippen MR) is 78.9 cm³/mol. The summed E-state index contributed by atoms with van der Waals surface area (Å²) >= 11 is 0. The molecule has 0 radical (unpaired) electrons. The Bertz CT molecular complexity index is 616. The molecule has 3 N–H and O–H groups in total. The Morgan fingerprint density at radius 3 is 2.52 bits per heavy atom. The minimum Gasteiger partial charge on any atom is -0.508 e. The van der Waals surface area contributed by atoms with E-state index in [0.717, 1.165) is 0 Å². The zero-order valence-electron chi connectivity index (χ0n) is 12.3. The van der Waals surface area contributed by atoms with Crippen LogP contribution in [0.1, 0.15) is 12.0 Å². The van der Waals surface area contributed by atoms with Gasteiger partial charge in [-0.05, 0) is 17.7 Å². The van der Waals surface area contributed by atoms with Gasteiger partial charge in [-0.25, -0.2) is 4.79 Å². The van der Waals surface area contributed by atoms with E-state index in [2.05, 4.69) is 15.4 Å². The van der Waals surface area contributed by atoms with E-state index in [9.17, 15) is 14.7 Å². The van der Waals surface area contributed by atoms with Crippen molar-refractivity contribution in [2.45, 2.75) is 18.9 Å². The van der Waals surface area contributed by atoms with Crippen LogP contribution in [0.3, 0.4) is 0 Å². The summed E-state index contributed by atoms with van der Waals surface area (Å²) in [5.41, 5.74) is 0.712. The second kappa shape index (κ2) is 9.64. The van der Waals surface area contributed by atoms with E-state index in [1.165, 1.54) is 12.1 Å². The highest BCUT2D eigenvalue weighted by Gasteiger charge is 2.21. The molecule has 1 aromatic carbocycles. The summed E-state index contributed by atoms with van der Waals surface area (Å²) in [5.74, 6) is -0.382. The first kappa shape index (κ1) is 17.8. The van der Waals surface area contributed by atoms with E-state index in [-0.39, 0.29) is 25.1 Å². The third-order valence-corrected chi connectivity index (χ3v) is 2.79. The van der Waals surface area contributed by atoms with Gasteiger partial charge in [0.2, 0.25) is 5.91 Å². The predicted octanol–water partition coefficient (Wildman–Crippen LogP) is 0.583. The molecule has 23 heavy (non-hydrogen) atoms. The quantitative estimate of drug-likeness (QED) is 0.630. The lowest BCUT2D eigenvalue weighted by atomic mass is 10.1. The second-order valence-electron chi connectivity index (χ2n) is 4.50. The van der Waals surface area contributed by atoms with E-state index in [1.807, 2.05) is 6.07 Å². The van der Waals surface area contributed by atoms with Crippen molar-refractivity contribution in [3.8, 4) is 17.9 Å². The van der Waals surface area contributed by atoms with Gasteiger partial charge in [0.1, 0.15) is 17.9 Å². The molecule has 0 fully saturated rings. The molecule has 0 aliphatic rings. The zero-order chi connectivity index (χ0) is 17.1. The van der Waals surface area contributed by atoms with Crippen molar-refractivity contribution in [3.05, 3.63) is 29.8 Å². The van der Waals surface area contributed by atoms with Crippen molar-refractivity contribution in [2.75, 3.05) is 13.2 Å². The van der Waals surface area contributed by atoms with Gasteiger partial charge in [0, 0.05) is 13.0 Å². The standard InChI is InChI=1S/C15H16N4O4/c16-6-1-8-18-14(21)13(19-15(22)23-9-7-17)10-11-2-4-12(20)5-3-11/h2-5,13,20H,1,8-10H2,(H,18,21)(H,19,22). The van der Waals surface area contributed by atoms with Crippen molar-refractivity contribution in [1.29, 1.82) is 10.5 Å². The molecule has 1 unspecified atom stereocenters. The van der Waals surface area contributed by atoms with Gasteiger partial charge in [-0.1, -0.05) is 12.1 Å². The summed E-state index contributed by atoms with van der Waals surface area (Å²) in [5, 5.41) is 31.0. The van der Waals surface area contributed by atoms with E-state index < -0.39 is 24.6 Å². The van der Waals surface area contributed by atoms with E-state index in [0.29, 0.717) is 5.56 Å². The van der Waals surface area contributed by atoms with E-state index >= 15 is 0 Å². The van der Waals surface area contributed by atoms with Crippen molar-refractivity contribution in [2.24, 2.45) is 0 Å². The summed E-state index contributed by atoms with van der Waals surface area (Å²) in [6, 6.07) is 8.79. The Balaban J connectivity index is 2.72. The molecule has 0 heterocycles. The molecule has 8 heteroatoms. The molecule has 0 saturated carbocycles. The average Bonchev–Trinajstić information content (AvgIpc) is 2.54. The lowest BCUT2D eigenvalue weighted by molar-refractivity contribution is -0.123. The van der Waals surface area contributed by atoms with Crippen LogP contribution in [0.4, 0.5) is 4.79 Å². The van der Waals surface area contributed by atoms with Crippen LogP contribution < -0.4 is 10.6 Å². The van der Waals surface area contributed by atoms with Crippen LogP contribution in [0.15, 0.2) is 24.3 Å². The molecular weight excluding hydrogens is 300 g/mol. The number of phenolic OH excluding ortho intramolecular Hbond substituents is 1. The van der Waals surface area contributed by atoms with Crippen LogP contribution in [0, 0.1) is 22.7 Å². The van der Waals surface area contributed by atoms with Crippen molar-refractivity contribution in [3.63, 3.8) is 0 Å². The number of rotatable bonds is 7. The fourth-order valence-electron chi connectivity index (χ4n) is 1.72. The van der Waals surface area contributed by atoms with Gasteiger partial charge in [-0.2, -0.15) is 10.5 Å². The van der Waals surface area contributed by atoms with E-state index in [4.69, 9.17) is 10.5 Å². The Kier molecular flexibility index (Phi) is 7.45. The number of alkyl carbamates (subject to hydrolysis) is 1. The average molecular weight is 316 g/mol. The number of phenols is 1. The minimum absolute atomic E-state index is 0.0881. The first-order valence-corrected chi connectivity index (χ1v) is 6.79. The maximum atomic E-state index is 12.1. The molecule has 0 aromatic heterocycles. The van der Waals surface area contributed by atoms with Gasteiger partial charge in [0.25, 0.3) is 0 Å². The Morgan fingerprint density at radius 2 is 1.91 bits per heavy atom. The van der Waals surface area contributed by atoms with Crippen molar-refractivity contribution < 1.29 is 19.4 Å². The number of nitrogens with zero attached hydrogens (tertiary/aromatic N) is 2. The molecule has 0 saturated heterocycles. The summed E-state index contributed by atoms with van der Waals surface area (Å²) in [4.78, 5) is 23.6. The highest BCUT2D eigenvalue weighted by Crippen LogP contribution is 2.11. The number of nitrogens with one attached hydrogen (secondary N) is 2. The molecule has 0 aliphatic carbocycles. The molecule has 1 aromatic rings. The molecule has 120 valence electrons. The SMILES string of the molecule is N#CCCNC(=O)C(Cc1ccc(O)cc1)NC(=O)OCC#N. The topological polar surface area (TPSA) is 135 Å². The van der Waals surface area contributed by atoms with E-state index in [1.54, 1.807) is 18.2 Å². The fraction of sp³-hybridized carbons (Fsp3) is 0.333. The Labute approximate surface area is 133 Å². The summed E-state index contributed by atoms with van der Waals surface area (Å²) in [6.45, 7) is -0.260. The van der Waals surface area contributed by atoms with Gasteiger partial charge >= 0.3 is 6.09 Å². The highest BCUT2D eigenvalue weighted by molar-refractivity contribution is 5.85. The van der Waals surface area contributed by atoms with Crippen LogP contribution in [0.5, 0.6) is 5.75 Å². The Hall–Kier alpha value is -3.26.